The molecule has 55 heavy (non-hydrogen) atoms. The molecule has 0 amide bonds. The molecule has 0 aliphatic carbocycles. The molecule has 0 spiro atoms. The second-order valence-electron chi connectivity index (χ2n) is 13.1. The molecule has 0 unspecified atom stereocenters. The molecule has 0 radical (unpaired) electrons. The summed E-state index contributed by atoms with van der Waals surface area (Å²) in [7, 11) is 0. The lowest BCUT2D eigenvalue weighted by Gasteiger charge is -2.29. The van der Waals surface area contributed by atoms with Crippen molar-refractivity contribution in [2.24, 2.45) is 0 Å². The zero-order valence-electron chi connectivity index (χ0n) is 30.1. The van der Waals surface area contributed by atoms with Gasteiger partial charge in [-0.05, 0) is 67.3 Å². The molecule has 278 valence electrons. The molecule has 12 heteroatoms. The number of hydrogen-bond acceptors (Lipinski definition) is 8. The van der Waals surface area contributed by atoms with E-state index in [1.165, 1.54) is 41.9 Å². The first-order valence-corrected chi connectivity index (χ1v) is 17.5. The highest BCUT2D eigenvalue weighted by Gasteiger charge is 2.22. The van der Waals surface area contributed by atoms with E-state index in [-0.39, 0.29) is 12.8 Å². The van der Waals surface area contributed by atoms with Crippen molar-refractivity contribution in [3.05, 3.63) is 178 Å². The van der Waals surface area contributed by atoms with Crippen LogP contribution in [-0.2, 0) is 19.4 Å². The molecule has 4 heterocycles. The van der Waals surface area contributed by atoms with E-state index in [1.807, 2.05) is 31.2 Å². The number of pyridine rings is 1. The largest absolute Gasteiger partial charge is 0.294 e. The van der Waals surface area contributed by atoms with Gasteiger partial charge in [-0.2, -0.15) is 0 Å². The first-order chi connectivity index (χ1) is 26.6. The maximum atomic E-state index is 13.8. The molecule has 3 aromatic heterocycles. The fourth-order valence-electron chi connectivity index (χ4n) is 6.14. The summed E-state index contributed by atoms with van der Waals surface area (Å²) >= 11 is 0. The van der Waals surface area contributed by atoms with Crippen LogP contribution < -0.4 is 0 Å². The van der Waals surface area contributed by atoms with Crippen LogP contribution in [0.25, 0.3) is 16.8 Å². The van der Waals surface area contributed by atoms with Gasteiger partial charge in [0.15, 0.2) is 11.6 Å². The summed E-state index contributed by atoms with van der Waals surface area (Å²) in [6.07, 6.45) is 9.99. The molecule has 0 atom stereocenters. The van der Waals surface area contributed by atoms with Gasteiger partial charge in [-0.25, -0.2) is 17.6 Å². The number of hydrogen-bond donors (Lipinski definition) is 0. The van der Waals surface area contributed by atoms with E-state index in [0.29, 0.717) is 17.1 Å². The molecule has 0 fully saturated rings. The van der Waals surface area contributed by atoms with Crippen LogP contribution in [-0.4, -0.2) is 54.5 Å². The Morgan fingerprint density at radius 3 is 1.69 bits per heavy atom. The van der Waals surface area contributed by atoms with Gasteiger partial charge in [0.25, 0.3) is 0 Å². The lowest BCUT2D eigenvalue weighted by atomic mass is 9.98. The van der Waals surface area contributed by atoms with E-state index in [9.17, 15) is 27.2 Å². The van der Waals surface area contributed by atoms with E-state index >= 15 is 0 Å². The summed E-state index contributed by atoms with van der Waals surface area (Å²) in [6, 6.07) is 18.9. The average Bonchev–Trinajstić information content (AvgIpc) is 3.17. The fourth-order valence-corrected chi connectivity index (χ4v) is 6.14. The Morgan fingerprint density at radius 2 is 1.18 bits per heavy atom. The number of nitrogens with zero attached hydrogens (tertiary/aromatic N) is 6. The predicted octanol–water partition coefficient (Wildman–Crippen LogP) is 8.41. The Balaban J connectivity index is 0.000000193. The van der Waals surface area contributed by atoms with Crippen molar-refractivity contribution in [2.75, 3.05) is 13.1 Å². The standard InChI is InChI=1S/C25H23F2N3O.C18H13F2N3O/c1-17-10-11-30(15-18-6-3-2-4-7-18)16-20(17)23-14-28-19(13-29-23)12-24(31)25-21(26)8-5-9-22(25)27;1-11-5-6-21-9-13(11)16-10-22-12(8-23-16)7-17(24)18-14(19)3-2-4-15(18)20/h2-9,13-14H,10-12,15-16H2,1H3;2-6,8-10H,7H2,1H3. The second kappa shape index (κ2) is 17.7. The molecule has 1 aliphatic heterocycles. The van der Waals surface area contributed by atoms with Crippen molar-refractivity contribution in [1.29, 1.82) is 0 Å². The average molecular weight is 745 g/mol. The van der Waals surface area contributed by atoms with E-state index in [1.54, 1.807) is 18.6 Å². The Hall–Kier alpha value is -6.27. The monoisotopic (exact) mass is 744 g/mol. The molecule has 0 saturated carbocycles. The lowest BCUT2D eigenvalue weighted by Crippen LogP contribution is -2.30. The number of ketones is 2. The maximum absolute atomic E-state index is 13.8. The van der Waals surface area contributed by atoms with Gasteiger partial charge >= 0.3 is 0 Å². The van der Waals surface area contributed by atoms with E-state index in [0.717, 1.165) is 72.7 Å². The summed E-state index contributed by atoms with van der Waals surface area (Å²) in [5.41, 5.74) is 6.53. The van der Waals surface area contributed by atoms with Crippen molar-refractivity contribution in [2.45, 2.75) is 39.7 Å². The summed E-state index contributed by atoms with van der Waals surface area (Å²) < 4.78 is 54.9. The third-order valence-electron chi connectivity index (χ3n) is 9.15. The number of Topliss-reactive ketones (excluding diaryl/α,β-unsaturated/α-hetero) is 2. The first-order valence-electron chi connectivity index (χ1n) is 17.5. The quantitative estimate of drug-likeness (QED) is 0.102. The molecular weight excluding hydrogens is 709 g/mol. The highest BCUT2D eigenvalue weighted by Crippen LogP contribution is 2.26. The number of benzene rings is 3. The third kappa shape index (κ3) is 9.64. The fraction of sp³-hybridized carbons (Fsp3) is 0.186. The second-order valence-corrected chi connectivity index (χ2v) is 13.1. The van der Waals surface area contributed by atoms with Crippen molar-refractivity contribution < 1.29 is 27.2 Å². The molecule has 0 saturated heterocycles. The summed E-state index contributed by atoms with van der Waals surface area (Å²) in [5.74, 6) is -4.82. The lowest BCUT2D eigenvalue weighted by molar-refractivity contribution is 0.0975. The number of carbonyl (C=O) groups is 2. The maximum Gasteiger partial charge on any atom is 0.174 e. The molecule has 0 bridgehead atoms. The minimum atomic E-state index is -0.879. The van der Waals surface area contributed by atoms with Gasteiger partial charge in [0.05, 0.1) is 59.1 Å². The van der Waals surface area contributed by atoms with Crippen LogP contribution in [0.4, 0.5) is 17.6 Å². The van der Waals surface area contributed by atoms with Gasteiger partial charge in [-0.15, -0.1) is 0 Å². The molecule has 1 aliphatic rings. The Bertz CT molecular complexity index is 2300. The third-order valence-corrected chi connectivity index (χ3v) is 9.15. The zero-order valence-corrected chi connectivity index (χ0v) is 30.1. The predicted molar refractivity (Wildman–Crippen MR) is 200 cm³/mol. The number of rotatable bonds is 10. The zero-order chi connectivity index (χ0) is 38.9. The first kappa shape index (κ1) is 38.5. The Labute approximate surface area is 315 Å². The molecule has 0 N–H and O–H groups in total. The smallest absolute Gasteiger partial charge is 0.174 e. The van der Waals surface area contributed by atoms with Crippen molar-refractivity contribution >= 4 is 17.1 Å². The van der Waals surface area contributed by atoms with Crippen LogP contribution in [0.1, 0.15) is 62.3 Å². The van der Waals surface area contributed by atoms with Crippen LogP contribution in [0.5, 0.6) is 0 Å². The van der Waals surface area contributed by atoms with E-state index in [4.69, 9.17) is 0 Å². The van der Waals surface area contributed by atoms with Gasteiger partial charge in [-0.3, -0.25) is 39.4 Å². The molecule has 6 aromatic rings. The summed E-state index contributed by atoms with van der Waals surface area (Å²) in [5, 5.41) is 0. The Kier molecular flexibility index (Phi) is 12.4. The van der Waals surface area contributed by atoms with Crippen LogP contribution in [0.2, 0.25) is 0 Å². The van der Waals surface area contributed by atoms with Gasteiger partial charge in [-0.1, -0.05) is 48.0 Å². The SMILES string of the molecule is CC1=C(c2cnc(CC(=O)c3c(F)cccc3F)cn2)CN(Cc2ccccc2)CC1.Cc1ccncc1-c1cnc(CC(=O)c2c(F)cccc2F)cn1. The van der Waals surface area contributed by atoms with Crippen LogP contribution in [0, 0.1) is 30.2 Å². The van der Waals surface area contributed by atoms with E-state index < -0.39 is 46.0 Å². The van der Waals surface area contributed by atoms with Crippen molar-refractivity contribution in [3.8, 4) is 11.3 Å². The van der Waals surface area contributed by atoms with Gasteiger partial charge in [0.1, 0.15) is 23.3 Å². The molecule has 8 nitrogen and oxygen atoms in total. The number of halogens is 4. The number of carbonyl (C=O) groups excluding carboxylic acids is 2. The number of aryl methyl sites for hydroxylation is 1. The normalized spacial score (nSPS) is 12.9. The van der Waals surface area contributed by atoms with Crippen molar-refractivity contribution in [1.82, 2.24) is 29.8 Å². The summed E-state index contributed by atoms with van der Waals surface area (Å²) in [6.45, 7) is 6.66. The highest BCUT2D eigenvalue weighted by atomic mass is 19.1. The molecular formula is C43H36F4N6O2. The van der Waals surface area contributed by atoms with Crippen LogP contribution >= 0.6 is 0 Å². The van der Waals surface area contributed by atoms with Gasteiger partial charge < -0.3 is 0 Å². The van der Waals surface area contributed by atoms with Crippen molar-refractivity contribution in [3.63, 3.8) is 0 Å². The molecule has 3 aromatic carbocycles. The highest BCUT2D eigenvalue weighted by molar-refractivity contribution is 5.98. The van der Waals surface area contributed by atoms with Crippen LogP contribution in [0.15, 0.2) is 116 Å². The number of aromatic nitrogens is 5. The minimum Gasteiger partial charge on any atom is -0.294 e. The summed E-state index contributed by atoms with van der Waals surface area (Å²) in [4.78, 5) is 48.1. The van der Waals surface area contributed by atoms with E-state index in [2.05, 4.69) is 48.9 Å². The van der Waals surface area contributed by atoms with Crippen LogP contribution in [0.3, 0.4) is 0 Å². The Morgan fingerprint density at radius 1 is 0.636 bits per heavy atom. The van der Waals surface area contributed by atoms with Gasteiger partial charge in [0, 0.05) is 50.0 Å². The van der Waals surface area contributed by atoms with Gasteiger partial charge in [0.2, 0.25) is 0 Å². The minimum absolute atomic E-state index is 0.205. The topological polar surface area (TPSA) is 102 Å². The molecule has 7 rings (SSSR count).